The number of benzene rings is 2. The van der Waals surface area contributed by atoms with Crippen LogP contribution in [0.25, 0.3) is 11.0 Å². The summed E-state index contributed by atoms with van der Waals surface area (Å²) >= 11 is 0. The molecule has 2 N–H and O–H groups in total. The van der Waals surface area contributed by atoms with Crippen molar-refractivity contribution in [2.75, 3.05) is 11.9 Å². The Morgan fingerprint density at radius 1 is 1.05 bits per heavy atom. The van der Waals surface area contributed by atoms with Gasteiger partial charge >= 0.3 is 0 Å². The molecule has 0 aliphatic heterocycles. The van der Waals surface area contributed by atoms with Gasteiger partial charge in [0.25, 0.3) is 0 Å². The van der Waals surface area contributed by atoms with Crippen LogP contribution < -0.4 is 5.32 Å². The summed E-state index contributed by atoms with van der Waals surface area (Å²) in [7, 11) is 0. The fourth-order valence-corrected chi connectivity index (χ4v) is 2.73. The molecule has 3 nitrogen and oxygen atoms in total. The third kappa shape index (κ3) is 2.92. The zero-order valence-corrected chi connectivity index (χ0v) is 12.8. The molecule has 3 aromatic rings. The van der Waals surface area contributed by atoms with E-state index >= 15 is 0 Å². The topological polar surface area (TPSA) is 40.7 Å². The van der Waals surface area contributed by atoms with Crippen LogP contribution in [0.2, 0.25) is 0 Å². The van der Waals surface area contributed by atoms with Gasteiger partial charge in [-0.1, -0.05) is 24.3 Å². The fourth-order valence-electron chi connectivity index (χ4n) is 2.73. The minimum Gasteiger partial charge on any atom is -0.384 e. The number of fused-ring (bicyclic) bond motifs is 1. The SMILES string of the molecule is Cc1cc(C)c2nc(CCNc3ccccc3C)[nH]c2c1. The Hall–Kier alpha value is -2.29. The second-order valence-electron chi connectivity index (χ2n) is 5.65. The summed E-state index contributed by atoms with van der Waals surface area (Å²) in [5, 5.41) is 3.47. The third-order valence-corrected chi connectivity index (χ3v) is 3.79. The second-order valence-corrected chi connectivity index (χ2v) is 5.65. The van der Waals surface area contributed by atoms with Gasteiger partial charge in [0, 0.05) is 18.7 Å². The van der Waals surface area contributed by atoms with E-state index in [1.54, 1.807) is 0 Å². The van der Waals surface area contributed by atoms with Gasteiger partial charge in [-0.25, -0.2) is 4.98 Å². The predicted octanol–water partition coefficient (Wildman–Crippen LogP) is 4.14. The molecule has 3 heteroatoms. The minimum absolute atomic E-state index is 0.878. The summed E-state index contributed by atoms with van der Waals surface area (Å²) < 4.78 is 0. The first-order valence-electron chi connectivity index (χ1n) is 7.39. The van der Waals surface area contributed by atoms with Crippen LogP contribution in [0.5, 0.6) is 0 Å². The number of aryl methyl sites for hydroxylation is 3. The lowest BCUT2D eigenvalue weighted by molar-refractivity contribution is 0.933. The summed E-state index contributed by atoms with van der Waals surface area (Å²) in [5.41, 5.74) is 7.20. The maximum Gasteiger partial charge on any atom is 0.109 e. The quantitative estimate of drug-likeness (QED) is 0.753. The van der Waals surface area contributed by atoms with E-state index in [-0.39, 0.29) is 0 Å². The zero-order valence-electron chi connectivity index (χ0n) is 12.8. The Kier molecular flexibility index (Phi) is 3.65. The summed E-state index contributed by atoms with van der Waals surface area (Å²) in [6.07, 6.45) is 0.890. The van der Waals surface area contributed by atoms with Gasteiger partial charge in [-0.2, -0.15) is 0 Å². The molecular formula is C18H21N3. The molecule has 3 rings (SSSR count). The van der Waals surface area contributed by atoms with Gasteiger partial charge in [-0.3, -0.25) is 0 Å². The van der Waals surface area contributed by atoms with E-state index < -0.39 is 0 Å². The van der Waals surface area contributed by atoms with E-state index in [9.17, 15) is 0 Å². The lowest BCUT2D eigenvalue weighted by Gasteiger charge is -2.07. The molecule has 108 valence electrons. The Morgan fingerprint density at radius 2 is 1.86 bits per heavy atom. The van der Waals surface area contributed by atoms with Crippen molar-refractivity contribution < 1.29 is 0 Å². The van der Waals surface area contributed by atoms with E-state index in [2.05, 4.69) is 67.5 Å². The fraction of sp³-hybridized carbons (Fsp3) is 0.278. The van der Waals surface area contributed by atoms with Gasteiger partial charge < -0.3 is 10.3 Å². The van der Waals surface area contributed by atoms with Gasteiger partial charge in [0.2, 0.25) is 0 Å². The molecule has 0 saturated heterocycles. The second kappa shape index (κ2) is 5.60. The van der Waals surface area contributed by atoms with Crippen LogP contribution in [0.15, 0.2) is 36.4 Å². The number of aromatic amines is 1. The van der Waals surface area contributed by atoms with Crippen molar-refractivity contribution in [3.63, 3.8) is 0 Å². The number of aromatic nitrogens is 2. The highest BCUT2D eigenvalue weighted by Gasteiger charge is 2.06. The van der Waals surface area contributed by atoms with Gasteiger partial charge in [0.1, 0.15) is 5.82 Å². The Labute approximate surface area is 125 Å². The third-order valence-electron chi connectivity index (χ3n) is 3.79. The van der Waals surface area contributed by atoms with Gasteiger partial charge in [-0.05, 0) is 49.6 Å². The number of rotatable bonds is 4. The Bertz CT molecular complexity index is 771. The maximum atomic E-state index is 4.71. The molecule has 0 fully saturated rings. The molecule has 1 aromatic heterocycles. The summed E-state index contributed by atoms with van der Waals surface area (Å²) in [4.78, 5) is 8.14. The first-order chi connectivity index (χ1) is 10.1. The Balaban J connectivity index is 1.71. The molecule has 0 radical (unpaired) electrons. The van der Waals surface area contributed by atoms with Crippen LogP contribution >= 0.6 is 0 Å². The zero-order chi connectivity index (χ0) is 14.8. The van der Waals surface area contributed by atoms with Crippen molar-refractivity contribution in [3.05, 3.63) is 58.9 Å². The van der Waals surface area contributed by atoms with Crippen LogP contribution in [-0.2, 0) is 6.42 Å². The molecule has 0 amide bonds. The molecule has 2 aromatic carbocycles. The number of anilines is 1. The van der Waals surface area contributed by atoms with Gasteiger partial charge in [0.05, 0.1) is 11.0 Å². The van der Waals surface area contributed by atoms with E-state index in [0.717, 1.165) is 29.8 Å². The van der Waals surface area contributed by atoms with Crippen molar-refractivity contribution in [3.8, 4) is 0 Å². The van der Waals surface area contributed by atoms with Crippen LogP contribution in [0.4, 0.5) is 5.69 Å². The van der Waals surface area contributed by atoms with Crippen LogP contribution in [0.3, 0.4) is 0 Å². The van der Waals surface area contributed by atoms with Crippen molar-refractivity contribution in [1.82, 2.24) is 9.97 Å². The monoisotopic (exact) mass is 279 g/mol. The van der Waals surface area contributed by atoms with E-state index in [0.29, 0.717) is 0 Å². The smallest absolute Gasteiger partial charge is 0.109 e. The highest BCUT2D eigenvalue weighted by Crippen LogP contribution is 2.19. The number of nitrogens with zero attached hydrogens (tertiary/aromatic N) is 1. The Morgan fingerprint density at radius 3 is 2.67 bits per heavy atom. The average Bonchev–Trinajstić information content (AvgIpc) is 2.84. The van der Waals surface area contributed by atoms with Crippen molar-refractivity contribution in [2.24, 2.45) is 0 Å². The summed E-state index contributed by atoms with van der Waals surface area (Å²) in [6.45, 7) is 7.23. The average molecular weight is 279 g/mol. The molecule has 0 spiro atoms. The molecule has 0 atom stereocenters. The summed E-state index contributed by atoms with van der Waals surface area (Å²) in [6, 6.07) is 12.7. The predicted molar refractivity (Wildman–Crippen MR) is 88.9 cm³/mol. The maximum absolute atomic E-state index is 4.71. The molecule has 21 heavy (non-hydrogen) atoms. The summed E-state index contributed by atoms with van der Waals surface area (Å²) in [5.74, 6) is 1.04. The minimum atomic E-state index is 0.878. The van der Waals surface area contributed by atoms with E-state index in [1.165, 1.54) is 22.4 Å². The van der Waals surface area contributed by atoms with Crippen molar-refractivity contribution >= 4 is 16.7 Å². The lowest BCUT2D eigenvalue weighted by Crippen LogP contribution is -2.06. The number of para-hydroxylation sites is 1. The van der Waals surface area contributed by atoms with Crippen molar-refractivity contribution in [1.29, 1.82) is 0 Å². The number of H-pyrrole nitrogens is 1. The highest BCUT2D eigenvalue weighted by molar-refractivity contribution is 5.79. The largest absolute Gasteiger partial charge is 0.384 e. The van der Waals surface area contributed by atoms with E-state index in [4.69, 9.17) is 4.98 Å². The van der Waals surface area contributed by atoms with Gasteiger partial charge in [0.15, 0.2) is 0 Å². The first-order valence-corrected chi connectivity index (χ1v) is 7.39. The number of hydrogen-bond acceptors (Lipinski definition) is 2. The van der Waals surface area contributed by atoms with E-state index in [1.807, 2.05) is 0 Å². The number of imidazole rings is 1. The number of hydrogen-bond donors (Lipinski definition) is 2. The van der Waals surface area contributed by atoms with Crippen molar-refractivity contribution in [2.45, 2.75) is 27.2 Å². The van der Waals surface area contributed by atoms with Crippen LogP contribution in [0, 0.1) is 20.8 Å². The standard InChI is InChI=1S/C18H21N3/c1-12-10-14(3)18-16(11-12)20-17(21-18)8-9-19-15-7-5-4-6-13(15)2/h4-7,10-11,19H,8-9H2,1-3H3,(H,20,21). The molecule has 0 unspecified atom stereocenters. The molecule has 0 aliphatic carbocycles. The van der Waals surface area contributed by atoms with Crippen LogP contribution in [-0.4, -0.2) is 16.5 Å². The lowest BCUT2D eigenvalue weighted by atomic mass is 10.1. The highest BCUT2D eigenvalue weighted by atomic mass is 14.9. The normalized spacial score (nSPS) is 11.0. The molecule has 0 bridgehead atoms. The number of nitrogens with one attached hydrogen (secondary N) is 2. The first kappa shape index (κ1) is 13.7. The molecular weight excluding hydrogens is 258 g/mol. The molecule has 0 saturated carbocycles. The van der Waals surface area contributed by atoms with Gasteiger partial charge in [-0.15, -0.1) is 0 Å². The molecule has 0 aliphatic rings. The molecule has 1 heterocycles. The van der Waals surface area contributed by atoms with Crippen LogP contribution in [0.1, 0.15) is 22.5 Å².